The highest BCUT2D eigenvalue weighted by molar-refractivity contribution is 5.74. The molecule has 0 aromatic heterocycles. The van der Waals surface area contributed by atoms with Crippen LogP contribution in [0, 0.1) is 5.92 Å². The van der Waals surface area contributed by atoms with E-state index in [1.807, 2.05) is 13.8 Å². The number of rotatable bonds is 7. The Morgan fingerprint density at radius 2 is 2.05 bits per heavy atom. The summed E-state index contributed by atoms with van der Waals surface area (Å²) in [5.74, 6) is -0.312. The molecule has 1 atom stereocenters. The second-order valence-corrected chi connectivity index (χ2v) is 5.31. The molecule has 0 aliphatic carbocycles. The number of carbonyl (C=O) groups is 2. The highest BCUT2D eigenvalue weighted by atomic mass is 16.5. The maximum absolute atomic E-state index is 11.9. The lowest BCUT2D eigenvalue weighted by atomic mass is 9.92. The van der Waals surface area contributed by atoms with Crippen molar-refractivity contribution < 1.29 is 19.4 Å². The normalized spacial score (nSPS) is 17.8. The lowest BCUT2D eigenvalue weighted by molar-refractivity contribution is -0.137. The van der Waals surface area contributed by atoms with Crippen LogP contribution in [-0.4, -0.2) is 54.4 Å². The Morgan fingerprint density at radius 3 is 2.60 bits per heavy atom. The Balaban J connectivity index is 2.20. The van der Waals surface area contributed by atoms with Crippen LogP contribution in [0.4, 0.5) is 4.79 Å². The van der Waals surface area contributed by atoms with Gasteiger partial charge in [-0.1, -0.05) is 0 Å². The third-order valence-corrected chi connectivity index (χ3v) is 3.66. The van der Waals surface area contributed by atoms with Gasteiger partial charge in [0.1, 0.15) is 0 Å². The summed E-state index contributed by atoms with van der Waals surface area (Å²) in [7, 11) is 0. The molecule has 20 heavy (non-hydrogen) atoms. The largest absolute Gasteiger partial charge is 0.481 e. The molecular formula is C14H26N2O4. The molecule has 1 aliphatic rings. The van der Waals surface area contributed by atoms with E-state index in [0.29, 0.717) is 38.6 Å². The molecule has 116 valence electrons. The fraction of sp³-hybridized carbons (Fsp3) is 0.857. The fourth-order valence-electron chi connectivity index (χ4n) is 2.44. The van der Waals surface area contributed by atoms with Gasteiger partial charge in [0.25, 0.3) is 0 Å². The standard InChI is InChI=1S/C14H26N2O4/c1-3-20-11(2)10-15-14(19)16-8-6-12(7-9-16)4-5-13(17)18/h11-12H,3-10H2,1-2H3,(H,15,19)(H,17,18). The van der Waals surface area contributed by atoms with Crippen molar-refractivity contribution in [1.82, 2.24) is 10.2 Å². The van der Waals surface area contributed by atoms with E-state index in [2.05, 4.69) is 5.32 Å². The Morgan fingerprint density at radius 1 is 1.40 bits per heavy atom. The summed E-state index contributed by atoms with van der Waals surface area (Å²) in [5.41, 5.74) is 0. The number of ether oxygens (including phenoxy) is 1. The first-order chi connectivity index (χ1) is 9.52. The van der Waals surface area contributed by atoms with E-state index in [0.717, 1.165) is 12.8 Å². The van der Waals surface area contributed by atoms with Gasteiger partial charge in [0.05, 0.1) is 6.10 Å². The maximum Gasteiger partial charge on any atom is 0.317 e. The van der Waals surface area contributed by atoms with Gasteiger partial charge in [0.15, 0.2) is 0 Å². The molecule has 0 bridgehead atoms. The number of carbonyl (C=O) groups excluding carboxylic acids is 1. The summed E-state index contributed by atoms with van der Waals surface area (Å²) in [5, 5.41) is 11.5. The van der Waals surface area contributed by atoms with Crippen molar-refractivity contribution in [3.8, 4) is 0 Å². The topological polar surface area (TPSA) is 78.9 Å². The minimum absolute atomic E-state index is 0.0251. The molecule has 1 heterocycles. The zero-order chi connectivity index (χ0) is 15.0. The van der Waals surface area contributed by atoms with Crippen LogP contribution in [0.3, 0.4) is 0 Å². The van der Waals surface area contributed by atoms with Crippen LogP contribution in [-0.2, 0) is 9.53 Å². The third kappa shape index (κ3) is 6.23. The number of urea groups is 1. The predicted octanol–water partition coefficient (Wildman–Crippen LogP) is 1.70. The quantitative estimate of drug-likeness (QED) is 0.746. The van der Waals surface area contributed by atoms with E-state index < -0.39 is 5.97 Å². The van der Waals surface area contributed by atoms with Crippen molar-refractivity contribution in [2.75, 3.05) is 26.2 Å². The average Bonchev–Trinajstić information content (AvgIpc) is 2.43. The molecular weight excluding hydrogens is 260 g/mol. The molecule has 1 saturated heterocycles. The van der Waals surface area contributed by atoms with Crippen molar-refractivity contribution in [2.45, 2.75) is 45.6 Å². The van der Waals surface area contributed by atoms with Gasteiger partial charge in [-0.3, -0.25) is 4.79 Å². The summed E-state index contributed by atoms with van der Waals surface area (Å²) in [6.45, 7) is 6.44. The molecule has 1 unspecified atom stereocenters. The van der Waals surface area contributed by atoms with Gasteiger partial charge in [-0.15, -0.1) is 0 Å². The van der Waals surface area contributed by atoms with Crippen LogP contribution < -0.4 is 5.32 Å². The van der Waals surface area contributed by atoms with E-state index in [9.17, 15) is 9.59 Å². The first-order valence-electron chi connectivity index (χ1n) is 7.39. The maximum atomic E-state index is 11.9. The summed E-state index contributed by atoms with van der Waals surface area (Å²) in [6.07, 6.45) is 2.75. The number of piperidine rings is 1. The van der Waals surface area contributed by atoms with E-state index >= 15 is 0 Å². The molecule has 2 N–H and O–H groups in total. The van der Waals surface area contributed by atoms with Gasteiger partial charge in [0.2, 0.25) is 0 Å². The van der Waals surface area contributed by atoms with Crippen molar-refractivity contribution in [1.29, 1.82) is 0 Å². The van der Waals surface area contributed by atoms with E-state index in [-0.39, 0.29) is 18.6 Å². The lowest BCUT2D eigenvalue weighted by Gasteiger charge is -2.32. The number of nitrogens with zero attached hydrogens (tertiary/aromatic N) is 1. The molecule has 6 heteroatoms. The summed E-state index contributed by atoms with van der Waals surface area (Å²) >= 11 is 0. The van der Waals surface area contributed by atoms with E-state index in [1.54, 1.807) is 4.90 Å². The number of amides is 2. The van der Waals surface area contributed by atoms with Gasteiger partial charge in [-0.2, -0.15) is 0 Å². The van der Waals surface area contributed by atoms with Crippen LogP contribution in [0.2, 0.25) is 0 Å². The van der Waals surface area contributed by atoms with Crippen molar-refractivity contribution in [3.63, 3.8) is 0 Å². The first kappa shape index (κ1) is 16.8. The van der Waals surface area contributed by atoms with Crippen molar-refractivity contribution in [3.05, 3.63) is 0 Å². The molecule has 1 fully saturated rings. The van der Waals surface area contributed by atoms with Crippen LogP contribution in [0.1, 0.15) is 39.5 Å². The Hall–Kier alpha value is -1.30. The molecule has 1 aliphatic heterocycles. The summed E-state index contributed by atoms with van der Waals surface area (Å²) in [4.78, 5) is 24.3. The molecule has 0 saturated carbocycles. The van der Waals surface area contributed by atoms with Gasteiger partial charge >= 0.3 is 12.0 Å². The number of carboxylic acids is 1. The molecule has 0 spiro atoms. The Kier molecular flexibility index (Phi) is 7.36. The number of hydrogen-bond donors (Lipinski definition) is 2. The number of nitrogens with one attached hydrogen (secondary N) is 1. The summed E-state index contributed by atoms with van der Waals surface area (Å²) in [6, 6.07) is -0.0479. The molecule has 1 rings (SSSR count). The third-order valence-electron chi connectivity index (χ3n) is 3.66. The molecule has 0 radical (unpaired) electrons. The van der Waals surface area contributed by atoms with Crippen molar-refractivity contribution >= 4 is 12.0 Å². The molecule has 2 amide bonds. The lowest BCUT2D eigenvalue weighted by Crippen LogP contribution is -2.46. The summed E-state index contributed by atoms with van der Waals surface area (Å²) < 4.78 is 5.36. The zero-order valence-corrected chi connectivity index (χ0v) is 12.4. The fourth-order valence-corrected chi connectivity index (χ4v) is 2.44. The Labute approximate surface area is 120 Å². The second-order valence-electron chi connectivity index (χ2n) is 5.31. The van der Waals surface area contributed by atoms with Crippen LogP contribution in [0.25, 0.3) is 0 Å². The SMILES string of the molecule is CCOC(C)CNC(=O)N1CCC(CCC(=O)O)CC1. The minimum atomic E-state index is -0.741. The van der Waals surface area contributed by atoms with Crippen LogP contribution in [0.5, 0.6) is 0 Å². The van der Waals surface area contributed by atoms with Crippen molar-refractivity contribution in [2.24, 2.45) is 5.92 Å². The van der Waals surface area contributed by atoms with Gasteiger partial charge in [-0.25, -0.2) is 4.79 Å². The highest BCUT2D eigenvalue weighted by Gasteiger charge is 2.23. The minimum Gasteiger partial charge on any atom is -0.481 e. The second kappa shape index (κ2) is 8.79. The Bertz CT molecular complexity index is 314. The van der Waals surface area contributed by atoms with Crippen LogP contribution in [0.15, 0.2) is 0 Å². The molecule has 0 aromatic carbocycles. The first-order valence-corrected chi connectivity index (χ1v) is 7.39. The van der Waals surface area contributed by atoms with Gasteiger partial charge in [0, 0.05) is 32.7 Å². The number of hydrogen-bond acceptors (Lipinski definition) is 3. The van der Waals surface area contributed by atoms with Gasteiger partial charge in [-0.05, 0) is 39.0 Å². The number of aliphatic carboxylic acids is 1. The molecule has 0 aromatic rings. The smallest absolute Gasteiger partial charge is 0.317 e. The highest BCUT2D eigenvalue weighted by Crippen LogP contribution is 2.21. The number of carboxylic acid groups (broad SMARTS) is 1. The zero-order valence-electron chi connectivity index (χ0n) is 12.4. The molecule has 6 nitrogen and oxygen atoms in total. The van der Waals surface area contributed by atoms with E-state index in [1.165, 1.54) is 0 Å². The predicted molar refractivity (Wildman–Crippen MR) is 75.7 cm³/mol. The average molecular weight is 286 g/mol. The number of likely N-dealkylation sites (tertiary alicyclic amines) is 1. The van der Waals surface area contributed by atoms with E-state index in [4.69, 9.17) is 9.84 Å². The van der Waals surface area contributed by atoms with Crippen LogP contribution >= 0.6 is 0 Å². The van der Waals surface area contributed by atoms with Gasteiger partial charge < -0.3 is 20.1 Å². The monoisotopic (exact) mass is 286 g/mol.